The number of hydrogen-bond donors (Lipinski definition) is 1. The summed E-state index contributed by atoms with van der Waals surface area (Å²) in [7, 11) is 0. The first-order chi connectivity index (χ1) is 11.6. The molecule has 0 radical (unpaired) electrons. The molecule has 0 spiro atoms. The number of anilines is 1. The van der Waals surface area contributed by atoms with Crippen LogP contribution in [-0.4, -0.2) is 23.7 Å². The molecule has 1 unspecified atom stereocenters. The Labute approximate surface area is 142 Å². The Balaban J connectivity index is 1.92. The number of fused-ring (bicyclic) bond motifs is 2. The lowest BCUT2D eigenvalue weighted by Crippen LogP contribution is -2.35. The number of aliphatic carboxylic acids is 1. The number of carboxylic acids is 1. The van der Waals surface area contributed by atoms with E-state index in [-0.39, 0.29) is 5.43 Å². The number of nitrogens with zero attached hydrogens (tertiary/aromatic N) is 1. The standard InChI is InChI=1S/C18H14ClNO4/c19-13-4-1-3-12-16(21)11-7-6-10(9-15(11)24-17(12)13)20-8-2-5-14(20)18(22)23/h1,3-4,6-7,9,14H,2,5,8H2,(H,22,23). The molecule has 2 heterocycles. The molecule has 1 aliphatic rings. The zero-order valence-electron chi connectivity index (χ0n) is 12.7. The van der Waals surface area contributed by atoms with Gasteiger partial charge in [0.15, 0.2) is 5.58 Å². The second kappa shape index (κ2) is 5.53. The fourth-order valence-corrected chi connectivity index (χ4v) is 3.55. The van der Waals surface area contributed by atoms with Gasteiger partial charge in [0.05, 0.1) is 15.8 Å². The van der Waals surface area contributed by atoms with Crippen LogP contribution in [0.2, 0.25) is 5.02 Å². The zero-order chi connectivity index (χ0) is 16.8. The molecule has 5 nitrogen and oxygen atoms in total. The van der Waals surface area contributed by atoms with Crippen molar-refractivity contribution in [1.82, 2.24) is 0 Å². The summed E-state index contributed by atoms with van der Waals surface area (Å²) in [6.45, 7) is 0.668. The topological polar surface area (TPSA) is 70.8 Å². The first-order valence-corrected chi connectivity index (χ1v) is 8.08. The molecule has 1 N–H and O–H groups in total. The van der Waals surface area contributed by atoms with Crippen LogP contribution in [0.3, 0.4) is 0 Å². The van der Waals surface area contributed by atoms with Crippen LogP contribution >= 0.6 is 11.6 Å². The van der Waals surface area contributed by atoms with Gasteiger partial charge in [0.2, 0.25) is 5.43 Å². The molecule has 6 heteroatoms. The van der Waals surface area contributed by atoms with Gasteiger partial charge in [-0.05, 0) is 37.1 Å². The molecule has 1 aromatic heterocycles. The minimum atomic E-state index is -0.837. The predicted octanol–water partition coefficient (Wildman–Crippen LogP) is 3.65. The Hall–Kier alpha value is -2.53. The summed E-state index contributed by atoms with van der Waals surface area (Å²) in [5, 5.41) is 10.6. The molecule has 0 bridgehead atoms. The number of hydrogen-bond acceptors (Lipinski definition) is 4. The summed E-state index contributed by atoms with van der Waals surface area (Å²) in [5.41, 5.74) is 1.36. The van der Waals surface area contributed by atoms with Gasteiger partial charge in [0, 0.05) is 18.3 Å². The molecule has 0 saturated carbocycles. The predicted molar refractivity (Wildman–Crippen MR) is 93.0 cm³/mol. The monoisotopic (exact) mass is 343 g/mol. The third-order valence-corrected chi connectivity index (χ3v) is 4.80. The molecule has 4 rings (SSSR count). The summed E-state index contributed by atoms with van der Waals surface area (Å²) in [6, 6.07) is 9.71. The molecular formula is C18H14ClNO4. The lowest BCUT2D eigenvalue weighted by atomic mass is 10.1. The van der Waals surface area contributed by atoms with Gasteiger partial charge in [0.1, 0.15) is 11.6 Å². The van der Waals surface area contributed by atoms with Crippen LogP contribution in [-0.2, 0) is 4.79 Å². The van der Waals surface area contributed by atoms with Crippen molar-refractivity contribution in [2.75, 3.05) is 11.4 Å². The van der Waals surface area contributed by atoms with Crippen LogP contribution in [0.4, 0.5) is 5.69 Å². The molecular weight excluding hydrogens is 330 g/mol. The number of para-hydroxylation sites is 1. The minimum absolute atomic E-state index is 0.142. The van der Waals surface area contributed by atoms with Crippen LogP contribution < -0.4 is 10.3 Å². The fourth-order valence-electron chi connectivity index (χ4n) is 3.34. The largest absolute Gasteiger partial charge is 0.480 e. The summed E-state index contributed by atoms with van der Waals surface area (Å²) in [5.74, 6) is -0.837. The first kappa shape index (κ1) is 15.0. The molecule has 1 fully saturated rings. The lowest BCUT2D eigenvalue weighted by molar-refractivity contribution is -0.138. The van der Waals surface area contributed by atoms with E-state index in [9.17, 15) is 14.7 Å². The molecule has 1 aliphatic heterocycles. The summed E-state index contributed by atoms with van der Waals surface area (Å²) >= 11 is 6.14. The highest BCUT2D eigenvalue weighted by Gasteiger charge is 2.30. The zero-order valence-corrected chi connectivity index (χ0v) is 13.4. The van der Waals surface area contributed by atoms with Gasteiger partial charge in [-0.25, -0.2) is 4.79 Å². The maximum Gasteiger partial charge on any atom is 0.326 e. The third-order valence-electron chi connectivity index (χ3n) is 4.50. The Morgan fingerprint density at radius 3 is 2.88 bits per heavy atom. The van der Waals surface area contributed by atoms with Crippen molar-refractivity contribution in [2.24, 2.45) is 0 Å². The Morgan fingerprint density at radius 1 is 1.25 bits per heavy atom. The highest BCUT2D eigenvalue weighted by Crippen LogP contribution is 2.30. The maximum atomic E-state index is 12.6. The fraction of sp³-hybridized carbons (Fsp3) is 0.222. The average molecular weight is 344 g/mol. The molecule has 1 atom stereocenters. The van der Waals surface area contributed by atoms with E-state index in [0.717, 1.165) is 12.1 Å². The quantitative estimate of drug-likeness (QED) is 0.719. The second-order valence-corrected chi connectivity index (χ2v) is 6.33. The van der Waals surface area contributed by atoms with Crippen LogP contribution in [0.1, 0.15) is 12.8 Å². The smallest absolute Gasteiger partial charge is 0.326 e. The van der Waals surface area contributed by atoms with Crippen molar-refractivity contribution in [3.8, 4) is 0 Å². The normalized spacial score (nSPS) is 17.7. The van der Waals surface area contributed by atoms with Crippen LogP contribution in [0.25, 0.3) is 21.9 Å². The van der Waals surface area contributed by atoms with Crippen molar-refractivity contribution in [3.63, 3.8) is 0 Å². The van der Waals surface area contributed by atoms with E-state index in [1.807, 2.05) is 4.90 Å². The van der Waals surface area contributed by atoms with E-state index in [4.69, 9.17) is 16.0 Å². The summed E-state index contributed by atoms with van der Waals surface area (Å²) < 4.78 is 5.85. The van der Waals surface area contributed by atoms with Gasteiger partial charge in [-0.3, -0.25) is 4.79 Å². The molecule has 1 saturated heterocycles. The van der Waals surface area contributed by atoms with Crippen molar-refractivity contribution in [3.05, 3.63) is 51.6 Å². The van der Waals surface area contributed by atoms with Gasteiger partial charge >= 0.3 is 5.97 Å². The molecule has 0 aliphatic carbocycles. The lowest BCUT2D eigenvalue weighted by Gasteiger charge is -2.23. The number of benzene rings is 2. The van der Waals surface area contributed by atoms with Gasteiger partial charge in [-0.15, -0.1) is 0 Å². The molecule has 0 amide bonds. The van der Waals surface area contributed by atoms with Crippen molar-refractivity contribution >= 4 is 45.2 Å². The van der Waals surface area contributed by atoms with E-state index in [0.29, 0.717) is 39.9 Å². The third kappa shape index (κ3) is 2.24. The highest BCUT2D eigenvalue weighted by molar-refractivity contribution is 6.34. The van der Waals surface area contributed by atoms with Gasteiger partial charge < -0.3 is 14.4 Å². The van der Waals surface area contributed by atoms with Crippen LogP contribution in [0.15, 0.2) is 45.6 Å². The van der Waals surface area contributed by atoms with Gasteiger partial charge in [0.25, 0.3) is 0 Å². The Morgan fingerprint density at radius 2 is 2.08 bits per heavy atom. The van der Waals surface area contributed by atoms with Crippen molar-refractivity contribution in [2.45, 2.75) is 18.9 Å². The van der Waals surface area contributed by atoms with E-state index in [1.54, 1.807) is 36.4 Å². The molecule has 3 aromatic rings. The SMILES string of the molecule is O=C(O)C1CCCN1c1ccc2c(=O)c3cccc(Cl)c3oc2c1. The number of carbonyl (C=O) groups is 1. The average Bonchev–Trinajstić information content (AvgIpc) is 3.06. The molecule has 24 heavy (non-hydrogen) atoms. The number of rotatable bonds is 2. The minimum Gasteiger partial charge on any atom is -0.480 e. The van der Waals surface area contributed by atoms with Gasteiger partial charge in [-0.2, -0.15) is 0 Å². The number of halogens is 1. The van der Waals surface area contributed by atoms with Crippen LogP contribution in [0, 0.1) is 0 Å². The van der Waals surface area contributed by atoms with E-state index < -0.39 is 12.0 Å². The Bertz CT molecular complexity index is 1030. The van der Waals surface area contributed by atoms with Crippen molar-refractivity contribution < 1.29 is 14.3 Å². The first-order valence-electron chi connectivity index (χ1n) is 7.71. The van der Waals surface area contributed by atoms with E-state index in [2.05, 4.69) is 0 Å². The van der Waals surface area contributed by atoms with Gasteiger partial charge in [-0.1, -0.05) is 17.7 Å². The van der Waals surface area contributed by atoms with E-state index in [1.165, 1.54) is 0 Å². The summed E-state index contributed by atoms with van der Waals surface area (Å²) in [6.07, 6.45) is 1.43. The highest BCUT2D eigenvalue weighted by atomic mass is 35.5. The number of carboxylic acid groups (broad SMARTS) is 1. The molecule has 122 valence electrons. The second-order valence-electron chi connectivity index (χ2n) is 5.92. The summed E-state index contributed by atoms with van der Waals surface area (Å²) in [4.78, 5) is 25.8. The maximum absolute atomic E-state index is 12.6. The van der Waals surface area contributed by atoms with Crippen LogP contribution in [0.5, 0.6) is 0 Å². The van der Waals surface area contributed by atoms with Crippen molar-refractivity contribution in [1.29, 1.82) is 0 Å². The van der Waals surface area contributed by atoms with E-state index >= 15 is 0 Å². The molecule has 2 aromatic carbocycles. The Kier molecular flexibility index (Phi) is 3.46.